The third kappa shape index (κ3) is 2.31. The number of nitrogens with one attached hydrogen (secondary N) is 1. The summed E-state index contributed by atoms with van der Waals surface area (Å²) in [5.41, 5.74) is -0.744. The van der Waals surface area contributed by atoms with E-state index in [1.807, 2.05) is 6.92 Å². The van der Waals surface area contributed by atoms with Gasteiger partial charge in [0, 0.05) is 12.4 Å². The summed E-state index contributed by atoms with van der Waals surface area (Å²) in [6.07, 6.45) is 4.02. The number of hydrogen-bond donors (Lipinski definition) is 1. The average molecular weight is 231 g/mol. The molecule has 3 amide bonds. The highest BCUT2D eigenvalue weighted by atomic mass is 35.5. The number of carbonyl (C=O) groups excluding carboxylic acids is 2. The molecule has 0 aromatic heterocycles. The Morgan fingerprint density at radius 1 is 1.47 bits per heavy atom. The van der Waals surface area contributed by atoms with Crippen molar-refractivity contribution in [1.82, 2.24) is 10.2 Å². The molecule has 1 aliphatic heterocycles. The van der Waals surface area contributed by atoms with Crippen LogP contribution in [-0.2, 0) is 4.79 Å². The molecule has 1 rings (SSSR count). The lowest BCUT2D eigenvalue weighted by Crippen LogP contribution is -2.43. The first-order valence-corrected chi connectivity index (χ1v) is 5.43. The Morgan fingerprint density at radius 3 is 2.60 bits per heavy atom. The van der Waals surface area contributed by atoms with E-state index in [2.05, 4.69) is 5.32 Å². The second-order valence-electron chi connectivity index (χ2n) is 3.66. The summed E-state index contributed by atoms with van der Waals surface area (Å²) in [6.45, 7) is 3.89. The normalized spacial score (nSPS) is 26.5. The predicted octanol–water partition coefficient (Wildman–Crippen LogP) is 1.50. The lowest BCUT2D eigenvalue weighted by molar-refractivity contribution is -0.130. The van der Waals surface area contributed by atoms with Crippen molar-refractivity contribution < 1.29 is 9.59 Å². The van der Waals surface area contributed by atoms with Gasteiger partial charge in [-0.05, 0) is 13.3 Å². The summed E-state index contributed by atoms with van der Waals surface area (Å²) in [6, 6.07) is -0.330. The van der Waals surface area contributed by atoms with Gasteiger partial charge >= 0.3 is 6.03 Å². The number of rotatable bonds is 4. The number of amides is 3. The van der Waals surface area contributed by atoms with E-state index in [0.717, 1.165) is 0 Å². The van der Waals surface area contributed by atoms with E-state index < -0.39 is 5.54 Å². The monoisotopic (exact) mass is 230 g/mol. The Bertz CT molecular complexity index is 304. The standard InChI is InChI=1S/C10H15ClN2O2/c1-3-10(2)8(14)13(9(15)12-10)7-5-4-6-11/h4-5H,3,6-7H2,1-2H3,(H,12,15). The molecule has 1 heterocycles. The Hall–Kier alpha value is -1.03. The zero-order valence-corrected chi connectivity index (χ0v) is 9.67. The number of hydrogen-bond acceptors (Lipinski definition) is 2. The molecule has 0 bridgehead atoms. The van der Waals surface area contributed by atoms with Gasteiger partial charge in [0.25, 0.3) is 5.91 Å². The Balaban J connectivity index is 2.71. The molecule has 4 nitrogen and oxygen atoms in total. The minimum atomic E-state index is -0.744. The predicted molar refractivity (Wildman–Crippen MR) is 58.8 cm³/mol. The summed E-state index contributed by atoms with van der Waals surface area (Å²) in [5.74, 6) is 0.212. The lowest BCUT2D eigenvalue weighted by atomic mass is 9.99. The van der Waals surface area contributed by atoms with Crippen LogP contribution in [0.3, 0.4) is 0 Å². The van der Waals surface area contributed by atoms with Crippen LogP contribution in [-0.4, -0.2) is 34.8 Å². The topological polar surface area (TPSA) is 49.4 Å². The Morgan fingerprint density at radius 2 is 2.13 bits per heavy atom. The van der Waals surface area contributed by atoms with Crippen molar-refractivity contribution in [1.29, 1.82) is 0 Å². The number of imide groups is 1. The summed E-state index contributed by atoms with van der Waals surface area (Å²) < 4.78 is 0. The molecule has 1 saturated heterocycles. The highest BCUT2D eigenvalue weighted by molar-refractivity contribution is 6.18. The van der Waals surface area contributed by atoms with Crippen molar-refractivity contribution in [3.05, 3.63) is 12.2 Å². The zero-order chi connectivity index (χ0) is 11.5. The first kappa shape index (κ1) is 12.0. The molecule has 1 N–H and O–H groups in total. The van der Waals surface area contributed by atoms with E-state index in [-0.39, 0.29) is 18.5 Å². The van der Waals surface area contributed by atoms with E-state index in [0.29, 0.717) is 12.3 Å². The molecule has 0 spiro atoms. The van der Waals surface area contributed by atoms with Crippen LogP contribution in [0.1, 0.15) is 20.3 Å². The summed E-state index contributed by atoms with van der Waals surface area (Å²) >= 11 is 5.45. The number of urea groups is 1. The molecular formula is C10H15ClN2O2. The molecule has 0 radical (unpaired) electrons. The van der Waals surface area contributed by atoms with Crippen LogP contribution in [0.2, 0.25) is 0 Å². The van der Waals surface area contributed by atoms with E-state index in [1.54, 1.807) is 19.1 Å². The van der Waals surface area contributed by atoms with Crippen LogP contribution in [0.5, 0.6) is 0 Å². The van der Waals surface area contributed by atoms with E-state index in [9.17, 15) is 9.59 Å². The maximum absolute atomic E-state index is 11.8. The SMILES string of the molecule is CCC1(C)NC(=O)N(CC=CCCl)C1=O. The number of alkyl halides is 1. The molecule has 0 aromatic carbocycles. The van der Waals surface area contributed by atoms with Gasteiger partial charge in [0.2, 0.25) is 0 Å². The molecule has 84 valence electrons. The smallest absolute Gasteiger partial charge is 0.323 e. The van der Waals surface area contributed by atoms with Gasteiger partial charge in [-0.15, -0.1) is 11.6 Å². The van der Waals surface area contributed by atoms with Gasteiger partial charge in [0.1, 0.15) is 5.54 Å². The van der Waals surface area contributed by atoms with Gasteiger partial charge in [0.15, 0.2) is 0 Å². The van der Waals surface area contributed by atoms with Crippen LogP contribution in [0.4, 0.5) is 4.79 Å². The molecule has 1 fully saturated rings. The summed E-state index contributed by atoms with van der Waals surface area (Å²) in [7, 11) is 0. The second kappa shape index (κ2) is 4.66. The van der Waals surface area contributed by atoms with Crippen molar-refractivity contribution in [2.75, 3.05) is 12.4 Å². The second-order valence-corrected chi connectivity index (χ2v) is 3.97. The van der Waals surface area contributed by atoms with Crippen LogP contribution in [0.25, 0.3) is 0 Å². The summed E-state index contributed by atoms with van der Waals surface area (Å²) in [4.78, 5) is 24.5. The number of nitrogens with zero attached hydrogens (tertiary/aromatic N) is 1. The van der Waals surface area contributed by atoms with Crippen LogP contribution in [0.15, 0.2) is 12.2 Å². The number of halogens is 1. The minimum absolute atomic E-state index is 0.172. The van der Waals surface area contributed by atoms with Crippen molar-refractivity contribution >= 4 is 23.5 Å². The first-order chi connectivity index (χ1) is 7.05. The third-order valence-electron chi connectivity index (χ3n) is 2.60. The van der Waals surface area contributed by atoms with E-state index in [1.165, 1.54) is 4.90 Å². The highest BCUT2D eigenvalue weighted by Gasteiger charge is 2.45. The van der Waals surface area contributed by atoms with Gasteiger partial charge in [-0.25, -0.2) is 4.79 Å². The summed E-state index contributed by atoms with van der Waals surface area (Å²) in [5, 5.41) is 2.68. The van der Waals surface area contributed by atoms with Gasteiger partial charge in [-0.2, -0.15) is 0 Å². The molecule has 0 aromatic rings. The molecular weight excluding hydrogens is 216 g/mol. The lowest BCUT2D eigenvalue weighted by Gasteiger charge is -2.18. The van der Waals surface area contributed by atoms with Crippen LogP contribution in [0, 0.1) is 0 Å². The fourth-order valence-corrected chi connectivity index (χ4v) is 1.52. The maximum Gasteiger partial charge on any atom is 0.325 e. The molecule has 15 heavy (non-hydrogen) atoms. The third-order valence-corrected chi connectivity index (χ3v) is 2.77. The highest BCUT2D eigenvalue weighted by Crippen LogP contribution is 2.20. The molecule has 1 atom stereocenters. The van der Waals surface area contributed by atoms with E-state index >= 15 is 0 Å². The van der Waals surface area contributed by atoms with Crippen molar-refractivity contribution in [3.8, 4) is 0 Å². The number of allylic oxidation sites excluding steroid dienone is 1. The Kier molecular flexibility index (Phi) is 3.74. The first-order valence-electron chi connectivity index (χ1n) is 4.90. The van der Waals surface area contributed by atoms with Crippen LogP contribution >= 0.6 is 11.6 Å². The van der Waals surface area contributed by atoms with Gasteiger partial charge in [-0.3, -0.25) is 9.69 Å². The van der Waals surface area contributed by atoms with Crippen LogP contribution < -0.4 is 5.32 Å². The number of carbonyl (C=O) groups is 2. The molecule has 5 heteroatoms. The molecule has 1 unspecified atom stereocenters. The Labute approximate surface area is 94.3 Å². The van der Waals surface area contributed by atoms with Crippen molar-refractivity contribution in [2.45, 2.75) is 25.8 Å². The largest absolute Gasteiger partial charge is 0.325 e. The fraction of sp³-hybridized carbons (Fsp3) is 0.600. The minimum Gasteiger partial charge on any atom is -0.323 e. The van der Waals surface area contributed by atoms with Gasteiger partial charge in [0.05, 0.1) is 0 Å². The fourth-order valence-electron chi connectivity index (χ4n) is 1.40. The van der Waals surface area contributed by atoms with Crippen molar-refractivity contribution in [2.24, 2.45) is 0 Å². The maximum atomic E-state index is 11.8. The molecule has 0 saturated carbocycles. The van der Waals surface area contributed by atoms with Gasteiger partial charge < -0.3 is 5.32 Å². The molecule has 0 aliphatic carbocycles. The quantitative estimate of drug-likeness (QED) is 0.452. The van der Waals surface area contributed by atoms with Gasteiger partial charge in [-0.1, -0.05) is 19.1 Å². The van der Waals surface area contributed by atoms with E-state index in [4.69, 9.17) is 11.6 Å². The van der Waals surface area contributed by atoms with Crippen molar-refractivity contribution in [3.63, 3.8) is 0 Å². The average Bonchev–Trinajstić information content (AvgIpc) is 2.42. The zero-order valence-electron chi connectivity index (χ0n) is 8.92. The molecule has 1 aliphatic rings.